The fourth-order valence-electron chi connectivity index (χ4n) is 4.00. The van der Waals surface area contributed by atoms with Gasteiger partial charge in [0.25, 0.3) is 0 Å². The number of hydrogen-bond donors (Lipinski definition) is 3. The number of benzene rings is 1. The second-order valence-electron chi connectivity index (χ2n) is 8.02. The lowest BCUT2D eigenvalue weighted by atomic mass is 9.99. The summed E-state index contributed by atoms with van der Waals surface area (Å²) in [7, 11) is -0.366. The standard InChI is InChI=1S/C21H28N6O3S/c1-22-19-11-16(24-21(26-19)15-4-3-9-23-12-15)13-27(2)31(29,30)17-6-7-18-14(10-17)5-8-20(28)25-18/h6-7,10-11,15,23H,3-5,8-9,12-13H2,1-2H3,(H,25,28)(H,22,24,26)/t15-/m1/s1. The molecule has 0 spiro atoms. The first kappa shape index (κ1) is 21.7. The third-order valence-electron chi connectivity index (χ3n) is 5.78. The van der Waals surface area contributed by atoms with Crippen LogP contribution in [-0.2, 0) is 27.8 Å². The van der Waals surface area contributed by atoms with Crippen LogP contribution in [-0.4, -0.2) is 55.8 Å². The quantitative estimate of drug-likeness (QED) is 0.621. The van der Waals surface area contributed by atoms with Crippen LogP contribution in [0.25, 0.3) is 0 Å². The number of hydrogen-bond acceptors (Lipinski definition) is 7. The molecule has 3 N–H and O–H groups in total. The first-order chi connectivity index (χ1) is 14.9. The number of carbonyl (C=O) groups is 1. The average Bonchev–Trinajstić information content (AvgIpc) is 2.78. The zero-order valence-electron chi connectivity index (χ0n) is 17.8. The van der Waals surface area contributed by atoms with Crippen LogP contribution < -0.4 is 16.0 Å². The first-order valence-electron chi connectivity index (χ1n) is 10.5. The summed E-state index contributed by atoms with van der Waals surface area (Å²) in [6.07, 6.45) is 2.98. The van der Waals surface area contributed by atoms with Gasteiger partial charge in [-0.15, -0.1) is 0 Å². The number of carbonyl (C=O) groups excluding carboxylic acids is 1. The van der Waals surface area contributed by atoms with Crippen molar-refractivity contribution >= 4 is 27.4 Å². The van der Waals surface area contributed by atoms with E-state index < -0.39 is 10.0 Å². The van der Waals surface area contributed by atoms with Gasteiger partial charge in [-0.3, -0.25) is 4.79 Å². The van der Waals surface area contributed by atoms with Crippen LogP contribution in [0.5, 0.6) is 0 Å². The normalized spacial score (nSPS) is 19.1. The largest absolute Gasteiger partial charge is 0.373 e. The number of aromatic nitrogens is 2. The minimum Gasteiger partial charge on any atom is -0.373 e. The number of sulfonamides is 1. The van der Waals surface area contributed by atoms with Crippen molar-refractivity contribution in [2.75, 3.05) is 37.8 Å². The lowest BCUT2D eigenvalue weighted by molar-refractivity contribution is -0.116. The van der Waals surface area contributed by atoms with E-state index in [-0.39, 0.29) is 23.3 Å². The molecule has 1 amide bonds. The van der Waals surface area contributed by atoms with Crippen molar-refractivity contribution in [3.05, 3.63) is 41.3 Å². The molecule has 166 valence electrons. The summed E-state index contributed by atoms with van der Waals surface area (Å²) in [6, 6.07) is 6.63. The lowest BCUT2D eigenvalue weighted by Gasteiger charge is -2.23. The first-order valence-corrected chi connectivity index (χ1v) is 12.0. The van der Waals surface area contributed by atoms with Gasteiger partial charge in [0.15, 0.2) is 0 Å². The molecule has 2 aromatic rings. The zero-order valence-corrected chi connectivity index (χ0v) is 18.6. The van der Waals surface area contributed by atoms with Gasteiger partial charge in [0, 0.05) is 44.7 Å². The minimum atomic E-state index is -3.71. The summed E-state index contributed by atoms with van der Waals surface area (Å²) in [5.41, 5.74) is 2.16. The van der Waals surface area contributed by atoms with Gasteiger partial charge in [-0.25, -0.2) is 18.4 Å². The molecule has 1 atom stereocenters. The lowest BCUT2D eigenvalue weighted by Crippen LogP contribution is -2.30. The summed E-state index contributed by atoms with van der Waals surface area (Å²) < 4.78 is 27.7. The molecule has 0 saturated carbocycles. The maximum atomic E-state index is 13.2. The van der Waals surface area contributed by atoms with Gasteiger partial charge in [0.05, 0.1) is 17.1 Å². The van der Waals surface area contributed by atoms with Crippen molar-refractivity contribution in [2.24, 2.45) is 0 Å². The number of piperidine rings is 1. The zero-order chi connectivity index (χ0) is 22.0. The van der Waals surface area contributed by atoms with Crippen molar-refractivity contribution < 1.29 is 13.2 Å². The molecule has 0 radical (unpaired) electrons. The van der Waals surface area contributed by atoms with Gasteiger partial charge in [-0.1, -0.05) is 0 Å². The van der Waals surface area contributed by atoms with Crippen molar-refractivity contribution in [2.45, 2.75) is 43.0 Å². The second kappa shape index (κ2) is 8.89. The van der Waals surface area contributed by atoms with Gasteiger partial charge in [0.1, 0.15) is 11.6 Å². The van der Waals surface area contributed by atoms with Crippen LogP contribution in [0.2, 0.25) is 0 Å². The van der Waals surface area contributed by atoms with E-state index in [4.69, 9.17) is 0 Å². The molecule has 9 nitrogen and oxygen atoms in total. The summed E-state index contributed by atoms with van der Waals surface area (Å²) in [5, 5.41) is 9.21. The van der Waals surface area contributed by atoms with E-state index in [2.05, 4.69) is 25.9 Å². The number of fused-ring (bicyclic) bond motifs is 1. The SMILES string of the molecule is CNc1cc(CN(C)S(=O)(=O)c2ccc3c(c2)CCC(=O)N3)nc([C@@H]2CCCNC2)n1. The maximum Gasteiger partial charge on any atom is 0.243 e. The number of amides is 1. The molecule has 1 aromatic heterocycles. The number of aryl methyl sites for hydroxylation is 1. The molecule has 0 unspecified atom stereocenters. The highest BCUT2D eigenvalue weighted by Crippen LogP contribution is 2.27. The summed E-state index contributed by atoms with van der Waals surface area (Å²) >= 11 is 0. The van der Waals surface area contributed by atoms with Gasteiger partial charge in [-0.05, 0) is 49.6 Å². The maximum absolute atomic E-state index is 13.2. The topological polar surface area (TPSA) is 116 Å². The van der Waals surface area contributed by atoms with Crippen molar-refractivity contribution in [3.63, 3.8) is 0 Å². The summed E-state index contributed by atoms with van der Waals surface area (Å²) in [6.45, 7) is 1.97. The molecule has 31 heavy (non-hydrogen) atoms. The van der Waals surface area contributed by atoms with E-state index in [9.17, 15) is 13.2 Å². The van der Waals surface area contributed by atoms with Crippen molar-refractivity contribution in [1.29, 1.82) is 0 Å². The van der Waals surface area contributed by atoms with Crippen molar-refractivity contribution in [1.82, 2.24) is 19.6 Å². The van der Waals surface area contributed by atoms with E-state index in [1.165, 1.54) is 10.4 Å². The third-order valence-corrected chi connectivity index (χ3v) is 7.58. The van der Waals surface area contributed by atoms with E-state index in [1.54, 1.807) is 32.3 Å². The second-order valence-corrected chi connectivity index (χ2v) is 10.1. The Morgan fingerprint density at radius 3 is 2.81 bits per heavy atom. The highest BCUT2D eigenvalue weighted by atomic mass is 32.2. The Labute approximate surface area is 182 Å². The van der Waals surface area contributed by atoms with Crippen LogP contribution >= 0.6 is 0 Å². The van der Waals surface area contributed by atoms with Gasteiger partial charge < -0.3 is 16.0 Å². The van der Waals surface area contributed by atoms with Crippen LogP contribution in [0.1, 0.15) is 42.3 Å². The van der Waals surface area contributed by atoms with Gasteiger partial charge >= 0.3 is 0 Å². The van der Waals surface area contributed by atoms with Crippen LogP contribution in [0.3, 0.4) is 0 Å². The predicted octanol–water partition coefficient (Wildman–Crippen LogP) is 1.69. The molecular weight excluding hydrogens is 416 g/mol. The third kappa shape index (κ3) is 4.70. The van der Waals surface area contributed by atoms with Crippen LogP contribution in [0.4, 0.5) is 11.5 Å². The molecule has 3 heterocycles. The molecule has 1 fully saturated rings. The molecule has 1 aromatic carbocycles. The summed E-state index contributed by atoms with van der Waals surface area (Å²) in [4.78, 5) is 21.0. The monoisotopic (exact) mass is 444 g/mol. The molecule has 10 heteroatoms. The van der Waals surface area contributed by atoms with E-state index >= 15 is 0 Å². The molecule has 2 aliphatic heterocycles. The molecule has 0 bridgehead atoms. The van der Waals surface area contributed by atoms with Crippen molar-refractivity contribution in [3.8, 4) is 0 Å². The highest BCUT2D eigenvalue weighted by Gasteiger charge is 2.25. The highest BCUT2D eigenvalue weighted by molar-refractivity contribution is 7.89. The molecule has 0 aliphatic carbocycles. The number of nitrogens with one attached hydrogen (secondary N) is 3. The molecule has 1 saturated heterocycles. The van der Waals surface area contributed by atoms with Gasteiger partial charge in [0.2, 0.25) is 15.9 Å². The predicted molar refractivity (Wildman–Crippen MR) is 118 cm³/mol. The van der Waals surface area contributed by atoms with E-state index in [1.807, 2.05) is 0 Å². The Kier molecular flexibility index (Phi) is 6.22. The Hall–Kier alpha value is -2.56. The number of anilines is 2. The Bertz CT molecular complexity index is 1080. The minimum absolute atomic E-state index is 0.0479. The Balaban J connectivity index is 1.57. The molecular formula is C21H28N6O3S. The van der Waals surface area contributed by atoms with E-state index in [0.29, 0.717) is 30.0 Å². The molecule has 2 aliphatic rings. The van der Waals surface area contributed by atoms with Crippen LogP contribution in [0.15, 0.2) is 29.2 Å². The van der Waals surface area contributed by atoms with E-state index in [0.717, 1.165) is 37.3 Å². The fraction of sp³-hybridized carbons (Fsp3) is 0.476. The number of rotatable bonds is 6. The Morgan fingerprint density at radius 2 is 2.06 bits per heavy atom. The fourth-order valence-corrected chi connectivity index (χ4v) is 5.19. The van der Waals surface area contributed by atoms with Gasteiger partial charge in [-0.2, -0.15) is 4.31 Å². The Morgan fingerprint density at radius 1 is 1.23 bits per heavy atom. The summed E-state index contributed by atoms with van der Waals surface area (Å²) in [5.74, 6) is 1.59. The molecule has 4 rings (SSSR count). The van der Waals surface area contributed by atoms with Crippen LogP contribution in [0, 0.1) is 0 Å². The average molecular weight is 445 g/mol. The number of nitrogens with zero attached hydrogens (tertiary/aromatic N) is 3. The smallest absolute Gasteiger partial charge is 0.243 e.